The molecule has 0 N–H and O–H groups in total. The maximum Gasteiger partial charge on any atom is 0.262 e. The molecule has 2 aromatic carbocycles. The van der Waals surface area contributed by atoms with Crippen LogP contribution in [0.15, 0.2) is 60.8 Å². The van der Waals surface area contributed by atoms with Crippen LogP contribution in [0.25, 0.3) is 16.9 Å². The highest BCUT2D eigenvalue weighted by molar-refractivity contribution is 5.56. The Labute approximate surface area is 136 Å². The van der Waals surface area contributed by atoms with Crippen molar-refractivity contribution in [1.82, 2.24) is 4.57 Å². The minimum atomic E-state index is 0.701. The first-order valence-corrected chi connectivity index (χ1v) is 8.29. The number of ether oxygens (including phenoxy) is 1. The Morgan fingerprint density at radius 1 is 1.04 bits per heavy atom. The molecule has 1 aromatic heterocycles. The second-order valence-electron chi connectivity index (χ2n) is 5.85. The second kappa shape index (κ2) is 5.92. The molecule has 0 fully saturated rings. The lowest BCUT2D eigenvalue weighted by molar-refractivity contribution is -0.679. The molecule has 0 bridgehead atoms. The summed E-state index contributed by atoms with van der Waals surface area (Å²) in [5.41, 5.74) is 3.77. The smallest absolute Gasteiger partial charge is 0.262 e. The van der Waals surface area contributed by atoms with Gasteiger partial charge in [0.05, 0.1) is 19.6 Å². The molecule has 3 heteroatoms. The summed E-state index contributed by atoms with van der Waals surface area (Å²) in [6.45, 7) is 3.81. The largest absolute Gasteiger partial charge is 0.494 e. The third-order valence-electron chi connectivity index (χ3n) is 4.41. The molecular weight excluding hydrogens is 284 g/mol. The fraction of sp³-hybridized carbons (Fsp3) is 0.250. The van der Waals surface area contributed by atoms with E-state index in [9.17, 15) is 0 Å². The van der Waals surface area contributed by atoms with Crippen LogP contribution in [0.3, 0.4) is 0 Å². The standard InChI is InChI=1S/C20H21N2O/c1-2-23-18-12-10-17(11-13-18)22-15-19(16-7-4-3-5-8-16)21-14-6-9-20(21)22/h3-5,7-8,10-13,15H,2,6,9,14H2,1H3/q+1. The minimum Gasteiger partial charge on any atom is -0.494 e. The summed E-state index contributed by atoms with van der Waals surface area (Å²) >= 11 is 0. The van der Waals surface area contributed by atoms with Crippen molar-refractivity contribution < 1.29 is 9.30 Å². The maximum absolute atomic E-state index is 5.55. The van der Waals surface area contributed by atoms with Gasteiger partial charge < -0.3 is 4.74 Å². The van der Waals surface area contributed by atoms with Gasteiger partial charge in [0.15, 0.2) is 5.69 Å². The lowest BCUT2D eigenvalue weighted by Gasteiger charge is -2.03. The van der Waals surface area contributed by atoms with Crippen LogP contribution in [-0.2, 0) is 13.0 Å². The molecule has 3 nitrogen and oxygen atoms in total. The molecule has 0 aliphatic carbocycles. The van der Waals surface area contributed by atoms with E-state index in [0.29, 0.717) is 6.61 Å². The normalized spacial score (nSPS) is 13.1. The summed E-state index contributed by atoms with van der Waals surface area (Å²) in [7, 11) is 0. The number of nitrogens with zero attached hydrogens (tertiary/aromatic N) is 2. The molecule has 0 atom stereocenters. The first-order chi connectivity index (χ1) is 11.4. The summed E-state index contributed by atoms with van der Waals surface area (Å²) in [5, 5.41) is 0. The van der Waals surface area contributed by atoms with E-state index in [-0.39, 0.29) is 0 Å². The van der Waals surface area contributed by atoms with Gasteiger partial charge in [0.25, 0.3) is 5.82 Å². The zero-order valence-corrected chi connectivity index (χ0v) is 13.4. The summed E-state index contributed by atoms with van der Waals surface area (Å²) in [4.78, 5) is 0. The van der Waals surface area contributed by atoms with Gasteiger partial charge in [-0.2, -0.15) is 4.57 Å². The van der Waals surface area contributed by atoms with Crippen LogP contribution >= 0.6 is 0 Å². The molecule has 23 heavy (non-hydrogen) atoms. The van der Waals surface area contributed by atoms with E-state index in [1.165, 1.54) is 29.2 Å². The van der Waals surface area contributed by atoms with Gasteiger partial charge in [-0.1, -0.05) is 30.3 Å². The van der Waals surface area contributed by atoms with E-state index in [0.717, 1.165) is 18.7 Å². The van der Waals surface area contributed by atoms with Crippen LogP contribution in [0.2, 0.25) is 0 Å². The molecule has 0 radical (unpaired) electrons. The van der Waals surface area contributed by atoms with E-state index >= 15 is 0 Å². The average Bonchev–Trinajstić information content (AvgIpc) is 3.19. The molecule has 0 saturated heterocycles. The molecule has 1 aliphatic rings. The highest BCUT2D eigenvalue weighted by Gasteiger charge is 2.29. The van der Waals surface area contributed by atoms with E-state index in [1.807, 2.05) is 19.1 Å². The number of rotatable bonds is 4. The number of benzene rings is 2. The fourth-order valence-corrected chi connectivity index (χ4v) is 3.37. The Bertz CT molecular complexity index is 804. The topological polar surface area (TPSA) is 18.0 Å². The van der Waals surface area contributed by atoms with Crippen LogP contribution in [0, 0.1) is 0 Å². The summed E-state index contributed by atoms with van der Waals surface area (Å²) in [5.74, 6) is 2.31. The molecule has 0 unspecified atom stereocenters. The fourth-order valence-electron chi connectivity index (χ4n) is 3.37. The van der Waals surface area contributed by atoms with Crippen molar-refractivity contribution in [3.63, 3.8) is 0 Å². The summed E-state index contributed by atoms with van der Waals surface area (Å²) in [6, 6.07) is 19.0. The monoisotopic (exact) mass is 305 g/mol. The lowest BCUT2D eigenvalue weighted by Crippen LogP contribution is -2.33. The maximum atomic E-state index is 5.55. The molecule has 3 aromatic rings. The van der Waals surface area contributed by atoms with Gasteiger partial charge >= 0.3 is 0 Å². The third kappa shape index (κ3) is 2.52. The summed E-state index contributed by atoms with van der Waals surface area (Å²) < 4.78 is 10.3. The Hall–Kier alpha value is -2.55. The number of imidazole rings is 1. The Kier molecular flexibility index (Phi) is 3.62. The van der Waals surface area contributed by atoms with Crippen LogP contribution in [0.5, 0.6) is 5.75 Å². The number of aromatic nitrogens is 2. The van der Waals surface area contributed by atoms with Crippen LogP contribution in [0.4, 0.5) is 0 Å². The first kappa shape index (κ1) is 14.1. The third-order valence-corrected chi connectivity index (χ3v) is 4.41. The number of hydrogen-bond donors (Lipinski definition) is 0. The zero-order chi connectivity index (χ0) is 15.6. The van der Waals surface area contributed by atoms with Gasteiger partial charge in [0, 0.05) is 5.56 Å². The van der Waals surface area contributed by atoms with Crippen molar-refractivity contribution in [3.05, 3.63) is 66.6 Å². The Morgan fingerprint density at radius 2 is 1.83 bits per heavy atom. The van der Waals surface area contributed by atoms with Crippen molar-refractivity contribution >= 4 is 0 Å². The van der Waals surface area contributed by atoms with E-state index in [4.69, 9.17) is 4.74 Å². The number of hydrogen-bond acceptors (Lipinski definition) is 1. The summed E-state index contributed by atoms with van der Waals surface area (Å²) in [6.07, 6.45) is 4.60. The van der Waals surface area contributed by atoms with Crippen LogP contribution in [-0.4, -0.2) is 11.2 Å². The molecule has 116 valence electrons. The van der Waals surface area contributed by atoms with Crippen LogP contribution < -0.4 is 9.30 Å². The van der Waals surface area contributed by atoms with Crippen molar-refractivity contribution in [2.75, 3.05) is 6.61 Å². The van der Waals surface area contributed by atoms with Crippen molar-refractivity contribution in [2.45, 2.75) is 26.3 Å². The van der Waals surface area contributed by atoms with Crippen LogP contribution in [0.1, 0.15) is 19.2 Å². The molecule has 1 aliphatic heterocycles. The number of fused-ring (bicyclic) bond motifs is 1. The van der Waals surface area contributed by atoms with Gasteiger partial charge in [-0.05, 0) is 37.6 Å². The van der Waals surface area contributed by atoms with Gasteiger partial charge in [0.1, 0.15) is 17.6 Å². The quantitative estimate of drug-likeness (QED) is 0.671. The Balaban J connectivity index is 1.78. The zero-order valence-electron chi connectivity index (χ0n) is 13.4. The molecule has 0 spiro atoms. The predicted molar refractivity (Wildman–Crippen MR) is 90.9 cm³/mol. The lowest BCUT2D eigenvalue weighted by atomic mass is 10.2. The van der Waals surface area contributed by atoms with Crippen molar-refractivity contribution in [2.24, 2.45) is 0 Å². The highest BCUT2D eigenvalue weighted by Crippen LogP contribution is 2.24. The Morgan fingerprint density at radius 3 is 2.57 bits per heavy atom. The van der Waals surface area contributed by atoms with Gasteiger partial charge in [-0.25, -0.2) is 4.57 Å². The minimum absolute atomic E-state index is 0.701. The first-order valence-electron chi connectivity index (χ1n) is 8.29. The highest BCUT2D eigenvalue weighted by atomic mass is 16.5. The SMILES string of the molecule is CCOc1ccc(-n2cc(-c3ccccc3)[n+]3c2CCC3)cc1. The molecule has 0 saturated carbocycles. The predicted octanol–water partition coefficient (Wildman–Crippen LogP) is 3.78. The van der Waals surface area contributed by atoms with Gasteiger partial charge in [-0.15, -0.1) is 0 Å². The van der Waals surface area contributed by atoms with E-state index < -0.39 is 0 Å². The van der Waals surface area contributed by atoms with E-state index in [2.05, 4.69) is 57.8 Å². The molecule has 2 heterocycles. The van der Waals surface area contributed by atoms with Gasteiger partial charge in [0.2, 0.25) is 0 Å². The van der Waals surface area contributed by atoms with Crippen molar-refractivity contribution in [3.8, 4) is 22.7 Å². The molecule has 4 rings (SSSR count). The van der Waals surface area contributed by atoms with Crippen molar-refractivity contribution in [1.29, 1.82) is 0 Å². The van der Waals surface area contributed by atoms with E-state index in [1.54, 1.807) is 0 Å². The molecule has 0 amide bonds. The average molecular weight is 305 g/mol. The van der Waals surface area contributed by atoms with Gasteiger partial charge in [-0.3, -0.25) is 0 Å². The molecular formula is C20H21N2O+. The second-order valence-corrected chi connectivity index (χ2v) is 5.85.